The monoisotopic (exact) mass is 605 g/mol. The quantitative estimate of drug-likeness (QED) is 0.317. The number of fused-ring (bicyclic) bond motifs is 1. The van der Waals surface area contributed by atoms with Crippen LogP contribution < -0.4 is 5.32 Å². The summed E-state index contributed by atoms with van der Waals surface area (Å²) >= 11 is 0. The summed E-state index contributed by atoms with van der Waals surface area (Å²) in [4.78, 5) is 34.2. The van der Waals surface area contributed by atoms with E-state index in [2.05, 4.69) is 27.5 Å². The lowest BCUT2D eigenvalue weighted by Gasteiger charge is -2.37. The number of halogens is 1. The molecule has 1 saturated carbocycles. The highest BCUT2D eigenvalue weighted by molar-refractivity contribution is 5.99. The van der Waals surface area contributed by atoms with E-state index in [1.54, 1.807) is 18.0 Å². The van der Waals surface area contributed by atoms with Gasteiger partial charge in [-0.2, -0.15) is 0 Å². The van der Waals surface area contributed by atoms with E-state index in [1.807, 2.05) is 51.6 Å². The summed E-state index contributed by atoms with van der Waals surface area (Å²) in [5, 5.41) is 4.19. The molecule has 8 nitrogen and oxygen atoms in total. The zero-order valence-corrected chi connectivity index (χ0v) is 27.1. The van der Waals surface area contributed by atoms with Crippen molar-refractivity contribution in [2.24, 2.45) is 5.92 Å². The van der Waals surface area contributed by atoms with E-state index in [1.165, 1.54) is 17.7 Å². The van der Waals surface area contributed by atoms with Crippen molar-refractivity contribution in [1.29, 1.82) is 0 Å². The largest absolute Gasteiger partial charge is 0.444 e. The number of nitrogens with one attached hydrogen (secondary N) is 1. The van der Waals surface area contributed by atoms with Gasteiger partial charge in [-0.3, -0.25) is 9.78 Å². The van der Waals surface area contributed by atoms with Gasteiger partial charge in [0, 0.05) is 43.5 Å². The number of alkyl carbamates (subject to hydrolysis) is 1. The number of pyridine rings is 1. The van der Waals surface area contributed by atoms with Crippen LogP contribution >= 0.6 is 0 Å². The molecule has 1 aliphatic carbocycles. The molecule has 5 rings (SSSR count). The Hall–Kier alpha value is -3.46. The Kier molecular flexibility index (Phi) is 9.63. The van der Waals surface area contributed by atoms with Gasteiger partial charge >= 0.3 is 6.09 Å². The summed E-state index contributed by atoms with van der Waals surface area (Å²) in [6.07, 6.45) is 11.8. The number of rotatable bonds is 7. The van der Waals surface area contributed by atoms with Gasteiger partial charge in [0.25, 0.3) is 5.91 Å². The van der Waals surface area contributed by atoms with Gasteiger partial charge in [0.2, 0.25) is 0 Å². The normalized spacial score (nSPS) is 20.2. The predicted octanol–water partition coefficient (Wildman–Crippen LogP) is 6.91. The fraction of sp³-hybridized carbons (Fsp3) is 0.571. The fourth-order valence-electron chi connectivity index (χ4n) is 6.69. The topological polar surface area (TPSA) is 79.7 Å². The molecule has 2 aliphatic rings. The van der Waals surface area contributed by atoms with Crippen LogP contribution in [0.3, 0.4) is 0 Å². The highest BCUT2D eigenvalue weighted by Crippen LogP contribution is 2.37. The first-order chi connectivity index (χ1) is 20.9. The molecule has 2 aromatic heterocycles. The molecule has 2 amide bonds. The first kappa shape index (κ1) is 31.9. The van der Waals surface area contributed by atoms with Crippen molar-refractivity contribution < 1.29 is 18.7 Å². The van der Waals surface area contributed by atoms with Crippen LogP contribution in [0.2, 0.25) is 0 Å². The zero-order chi connectivity index (χ0) is 31.6. The zero-order valence-electron chi connectivity index (χ0n) is 27.1. The molecule has 9 heteroatoms. The summed E-state index contributed by atoms with van der Waals surface area (Å²) in [7, 11) is 1.75. The number of amides is 2. The number of benzene rings is 1. The minimum Gasteiger partial charge on any atom is -0.444 e. The molecule has 1 aliphatic heterocycles. The van der Waals surface area contributed by atoms with E-state index in [-0.39, 0.29) is 24.1 Å². The Balaban J connectivity index is 1.24. The molecule has 3 heterocycles. The van der Waals surface area contributed by atoms with Crippen LogP contribution in [0, 0.1) is 11.7 Å². The number of hydrogen-bond acceptors (Lipinski definition) is 5. The average Bonchev–Trinajstić information content (AvgIpc) is 3.36. The van der Waals surface area contributed by atoms with Gasteiger partial charge in [-0.05, 0) is 128 Å². The fourth-order valence-corrected chi connectivity index (χ4v) is 6.69. The predicted molar refractivity (Wildman–Crippen MR) is 172 cm³/mol. The van der Waals surface area contributed by atoms with Crippen molar-refractivity contribution in [3.63, 3.8) is 0 Å². The molecule has 1 saturated heterocycles. The maximum absolute atomic E-state index is 14.4. The molecule has 1 aromatic carbocycles. The van der Waals surface area contributed by atoms with Gasteiger partial charge in [-0.15, -0.1) is 0 Å². The summed E-state index contributed by atoms with van der Waals surface area (Å²) in [5.41, 5.74) is 2.72. The number of carbonyl (C=O) groups is 2. The van der Waals surface area contributed by atoms with Gasteiger partial charge in [0.15, 0.2) is 0 Å². The number of aromatic nitrogens is 2. The Labute approximate surface area is 260 Å². The molecular weight excluding hydrogens is 557 g/mol. The number of carbonyl (C=O) groups excluding carboxylic acids is 2. The number of hydrogen-bond donors (Lipinski definition) is 1. The van der Waals surface area contributed by atoms with Crippen molar-refractivity contribution in [2.45, 2.75) is 96.7 Å². The van der Waals surface area contributed by atoms with Crippen molar-refractivity contribution in [1.82, 2.24) is 24.7 Å². The Bertz CT molecular complexity index is 1460. The third-order valence-corrected chi connectivity index (χ3v) is 9.29. The molecule has 3 aromatic rings. The second-order valence-corrected chi connectivity index (χ2v) is 14.0. The molecule has 1 N–H and O–H groups in total. The van der Waals surface area contributed by atoms with Gasteiger partial charge in [-0.1, -0.05) is 0 Å². The molecule has 0 atom stereocenters. The highest BCUT2D eigenvalue weighted by atomic mass is 19.1. The van der Waals surface area contributed by atoms with E-state index in [0.29, 0.717) is 23.1 Å². The molecule has 0 radical (unpaired) electrons. The van der Waals surface area contributed by atoms with Crippen LogP contribution in [0.5, 0.6) is 0 Å². The van der Waals surface area contributed by atoms with Crippen molar-refractivity contribution in [2.75, 3.05) is 26.7 Å². The second-order valence-electron chi connectivity index (χ2n) is 14.0. The smallest absolute Gasteiger partial charge is 0.407 e. The van der Waals surface area contributed by atoms with Crippen LogP contribution in [0.4, 0.5) is 9.18 Å². The van der Waals surface area contributed by atoms with Crippen LogP contribution in [0.15, 0.2) is 42.9 Å². The van der Waals surface area contributed by atoms with E-state index in [0.717, 1.165) is 69.1 Å². The van der Waals surface area contributed by atoms with Crippen molar-refractivity contribution in [3.05, 3.63) is 59.8 Å². The highest BCUT2D eigenvalue weighted by Gasteiger charge is 2.29. The first-order valence-electron chi connectivity index (χ1n) is 16.1. The van der Waals surface area contributed by atoms with Gasteiger partial charge < -0.3 is 24.4 Å². The SMILES string of the molecule is CC(C)N(C)C(=O)c1cc(F)ccc1-n1cc(C2CCN(CC3CCC(NC(=O)OC(C)(C)C)CC3)CC2)c2ccncc21. The lowest BCUT2D eigenvalue weighted by molar-refractivity contribution is 0.0482. The molecule has 0 unspecified atom stereocenters. The lowest BCUT2D eigenvalue weighted by atomic mass is 9.84. The number of likely N-dealkylation sites (tertiary alicyclic amines) is 1. The van der Waals surface area contributed by atoms with E-state index >= 15 is 0 Å². The van der Waals surface area contributed by atoms with Crippen LogP contribution in [0.1, 0.15) is 95.0 Å². The van der Waals surface area contributed by atoms with Crippen LogP contribution in [0.25, 0.3) is 16.6 Å². The van der Waals surface area contributed by atoms with Crippen molar-refractivity contribution in [3.8, 4) is 5.69 Å². The summed E-state index contributed by atoms with van der Waals surface area (Å²) in [6.45, 7) is 12.7. The van der Waals surface area contributed by atoms with Gasteiger partial charge in [-0.25, -0.2) is 9.18 Å². The third kappa shape index (κ3) is 7.42. The maximum Gasteiger partial charge on any atom is 0.407 e. The van der Waals surface area contributed by atoms with Crippen LogP contribution in [-0.4, -0.2) is 75.7 Å². The average molecular weight is 606 g/mol. The number of piperidine rings is 1. The number of nitrogens with zero attached hydrogens (tertiary/aromatic N) is 4. The summed E-state index contributed by atoms with van der Waals surface area (Å²) in [6, 6.07) is 6.71. The summed E-state index contributed by atoms with van der Waals surface area (Å²) < 4.78 is 21.9. The van der Waals surface area contributed by atoms with Crippen molar-refractivity contribution >= 4 is 22.9 Å². The second kappa shape index (κ2) is 13.3. The third-order valence-electron chi connectivity index (χ3n) is 9.29. The molecular formula is C35H48FN5O3. The van der Waals surface area contributed by atoms with Gasteiger partial charge in [0.1, 0.15) is 11.4 Å². The Morgan fingerprint density at radius 2 is 1.80 bits per heavy atom. The molecule has 2 fully saturated rings. The van der Waals surface area contributed by atoms with Gasteiger partial charge in [0.05, 0.1) is 23.0 Å². The van der Waals surface area contributed by atoms with E-state index < -0.39 is 11.4 Å². The molecule has 0 bridgehead atoms. The minimum absolute atomic E-state index is 0.00799. The Morgan fingerprint density at radius 1 is 1.09 bits per heavy atom. The molecule has 0 spiro atoms. The number of ether oxygens (including phenoxy) is 1. The van der Waals surface area contributed by atoms with E-state index in [9.17, 15) is 14.0 Å². The standard InChI is InChI=1S/C35H48FN5O3/c1-23(2)39(6)33(42)29-19-26(36)9-12-31(29)41-22-30(28-13-16-37-20-32(28)41)25-14-17-40(18-15-25)21-24-7-10-27(11-8-24)38-34(43)44-35(3,4)5/h9,12-13,16,19-20,22-25,27H,7-8,10-11,14-15,17-18,21H2,1-6H3,(H,38,43). The first-order valence-corrected chi connectivity index (χ1v) is 16.1. The summed E-state index contributed by atoms with van der Waals surface area (Å²) in [5.74, 6) is 0.410. The maximum atomic E-state index is 14.4. The lowest BCUT2D eigenvalue weighted by Crippen LogP contribution is -2.43. The molecule has 44 heavy (non-hydrogen) atoms. The Morgan fingerprint density at radius 3 is 2.45 bits per heavy atom. The van der Waals surface area contributed by atoms with E-state index in [4.69, 9.17) is 4.74 Å². The van der Waals surface area contributed by atoms with Crippen LogP contribution in [-0.2, 0) is 4.74 Å². The molecule has 238 valence electrons. The minimum atomic E-state index is -0.480.